The van der Waals surface area contributed by atoms with E-state index in [0.717, 1.165) is 51.2 Å². The summed E-state index contributed by atoms with van der Waals surface area (Å²) in [5.41, 5.74) is 1.15. The molecule has 1 saturated heterocycles. The number of nitrogens with two attached hydrogens (primary N) is 1. The van der Waals surface area contributed by atoms with Crippen LogP contribution < -0.4 is 14.8 Å². The second-order valence-electron chi connectivity index (χ2n) is 5.99. The normalized spacial score (nSPS) is 14.5. The number of carbonyl (C=O) groups is 1. The Balaban J connectivity index is 1.86. The third kappa shape index (κ3) is 5.69. The lowest BCUT2D eigenvalue weighted by Crippen LogP contribution is -2.83. The van der Waals surface area contributed by atoms with Crippen molar-refractivity contribution in [2.45, 2.75) is 25.8 Å². The highest BCUT2D eigenvalue weighted by molar-refractivity contribution is 5.78. The SMILES string of the molecule is COCC[NH2+]Cc1ccc(OCC(=O)N2CCCCC2)c(OC)c1. The topological polar surface area (TPSA) is 64.6 Å². The van der Waals surface area contributed by atoms with Crippen LogP contribution in [0.3, 0.4) is 0 Å². The Morgan fingerprint density at radius 2 is 1.96 bits per heavy atom. The van der Waals surface area contributed by atoms with E-state index in [9.17, 15) is 4.79 Å². The predicted molar refractivity (Wildman–Crippen MR) is 91.3 cm³/mol. The summed E-state index contributed by atoms with van der Waals surface area (Å²) in [4.78, 5) is 14.1. The molecule has 1 aromatic rings. The molecule has 0 spiro atoms. The number of amides is 1. The number of quaternary nitrogens is 1. The number of hydrogen-bond donors (Lipinski definition) is 1. The lowest BCUT2D eigenvalue weighted by molar-refractivity contribution is -0.671. The molecule has 0 unspecified atom stereocenters. The largest absolute Gasteiger partial charge is 0.493 e. The molecular formula is C18H29N2O4+. The van der Waals surface area contributed by atoms with Crippen LogP contribution >= 0.6 is 0 Å². The van der Waals surface area contributed by atoms with Gasteiger partial charge in [-0.3, -0.25) is 4.79 Å². The number of methoxy groups -OCH3 is 2. The third-order valence-corrected chi connectivity index (χ3v) is 4.19. The molecule has 1 aliphatic rings. The van der Waals surface area contributed by atoms with E-state index in [-0.39, 0.29) is 12.5 Å². The van der Waals surface area contributed by atoms with Gasteiger partial charge in [-0.2, -0.15) is 0 Å². The van der Waals surface area contributed by atoms with Crippen LogP contribution in [0.5, 0.6) is 11.5 Å². The molecule has 1 aromatic carbocycles. The standard InChI is InChI=1S/C18H28N2O4/c1-22-11-8-19-13-15-6-7-16(17(12-15)23-2)24-14-18(21)20-9-4-3-5-10-20/h6-7,12,19H,3-5,8-11,13-14H2,1-2H3/p+1. The van der Waals surface area contributed by atoms with Crippen LogP contribution in [-0.2, 0) is 16.1 Å². The van der Waals surface area contributed by atoms with Crippen molar-refractivity contribution < 1.29 is 24.3 Å². The van der Waals surface area contributed by atoms with Gasteiger partial charge in [0.25, 0.3) is 5.91 Å². The van der Waals surface area contributed by atoms with Crippen molar-refractivity contribution >= 4 is 5.91 Å². The molecule has 6 nitrogen and oxygen atoms in total. The van der Waals surface area contributed by atoms with E-state index < -0.39 is 0 Å². The molecule has 24 heavy (non-hydrogen) atoms. The number of nitrogens with zero attached hydrogens (tertiary/aromatic N) is 1. The van der Waals surface area contributed by atoms with Crippen LogP contribution in [0.4, 0.5) is 0 Å². The van der Waals surface area contributed by atoms with Gasteiger partial charge in [0.15, 0.2) is 18.1 Å². The first-order valence-electron chi connectivity index (χ1n) is 8.62. The Bertz CT molecular complexity index is 516. The second-order valence-corrected chi connectivity index (χ2v) is 5.99. The quantitative estimate of drug-likeness (QED) is 0.677. The van der Waals surface area contributed by atoms with Crippen molar-refractivity contribution in [2.24, 2.45) is 0 Å². The number of hydrogen-bond acceptors (Lipinski definition) is 4. The highest BCUT2D eigenvalue weighted by atomic mass is 16.5. The first-order valence-corrected chi connectivity index (χ1v) is 8.62. The van der Waals surface area contributed by atoms with Crippen molar-refractivity contribution in [3.05, 3.63) is 23.8 Å². The van der Waals surface area contributed by atoms with Crippen LogP contribution in [0.15, 0.2) is 18.2 Å². The number of carbonyl (C=O) groups excluding carboxylic acids is 1. The molecule has 1 heterocycles. The Hall–Kier alpha value is -1.79. The van der Waals surface area contributed by atoms with Crippen LogP contribution in [0.25, 0.3) is 0 Å². The summed E-state index contributed by atoms with van der Waals surface area (Å²) in [6, 6.07) is 5.85. The number of piperidine rings is 1. The summed E-state index contributed by atoms with van der Waals surface area (Å²) in [5.74, 6) is 1.33. The minimum atomic E-state index is 0.0497. The smallest absolute Gasteiger partial charge is 0.260 e. The maximum atomic E-state index is 12.2. The van der Waals surface area contributed by atoms with Crippen molar-refractivity contribution in [1.82, 2.24) is 4.90 Å². The molecule has 134 valence electrons. The molecule has 0 saturated carbocycles. The predicted octanol–water partition coefficient (Wildman–Crippen LogP) is 0.796. The summed E-state index contributed by atoms with van der Waals surface area (Å²) in [6.45, 7) is 4.26. The monoisotopic (exact) mass is 337 g/mol. The van der Waals surface area contributed by atoms with Gasteiger partial charge in [-0.15, -0.1) is 0 Å². The van der Waals surface area contributed by atoms with Crippen molar-refractivity contribution in [3.8, 4) is 11.5 Å². The zero-order valence-corrected chi connectivity index (χ0v) is 14.8. The molecule has 2 N–H and O–H groups in total. The zero-order valence-electron chi connectivity index (χ0n) is 14.8. The van der Waals surface area contributed by atoms with E-state index in [4.69, 9.17) is 14.2 Å². The van der Waals surface area contributed by atoms with Crippen LogP contribution in [0.2, 0.25) is 0 Å². The molecule has 0 bridgehead atoms. The molecular weight excluding hydrogens is 308 g/mol. The highest BCUT2D eigenvalue weighted by Gasteiger charge is 2.17. The molecule has 0 aromatic heterocycles. The Kier molecular flexibility index (Phi) is 7.85. The van der Waals surface area contributed by atoms with Crippen molar-refractivity contribution in [2.75, 3.05) is 47.1 Å². The van der Waals surface area contributed by atoms with Gasteiger partial charge in [0, 0.05) is 25.8 Å². The van der Waals surface area contributed by atoms with Crippen LogP contribution in [0, 0.1) is 0 Å². The van der Waals surface area contributed by atoms with E-state index in [0.29, 0.717) is 11.5 Å². The fourth-order valence-electron chi connectivity index (χ4n) is 2.80. The molecule has 0 aliphatic carbocycles. The zero-order chi connectivity index (χ0) is 17.2. The van der Waals surface area contributed by atoms with Crippen LogP contribution in [0.1, 0.15) is 24.8 Å². The molecule has 6 heteroatoms. The lowest BCUT2D eigenvalue weighted by Gasteiger charge is -2.26. The second kappa shape index (κ2) is 10.2. The highest BCUT2D eigenvalue weighted by Crippen LogP contribution is 2.28. The van der Waals surface area contributed by atoms with E-state index >= 15 is 0 Å². The van der Waals surface area contributed by atoms with Gasteiger partial charge in [-0.05, 0) is 37.5 Å². The van der Waals surface area contributed by atoms with Gasteiger partial charge in [-0.25, -0.2) is 0 Å². The fourth-order valence-corrected chi connectivity index (χ4v) is 2.80. The molecule has 0 atom stereocenters. The van der Waals surface area contributed by atoms with E-state index in [2.05, 4.69) is 5.32 Å². The van der Waals surface area contributed by atoms with Crippen molar-refractivity contribution in [3.63, 3.8) is 0 Å². The first kappa shape index (κ1) is 18.5. The Morgan fingerprint density at radius 3 is 2.67 bits per heavy atom. The average molecular weight is 337 g/mol. The summed E-state index contributed by atoms with van der Waals surface area (Å²) in [7, 11) is 3.32. The summed E-state index contributed by atoms with van der Waals surface area (Å²) in [6.07, 6.45) is 3.38. The molecule has 2 rings (SSSR count). The van der Waals surface area contributed by atoms with Gasteiger partial charge >= 0.3 is 0 Å². The summed E-state index contributed by atoms with van der Waals surface area (Å²) < 4.78 is 16.1. The maximum absolute atomic E-state index is 12.2. The van der Waals surface area contributed by atoms with E-state index in [1.807, 2.05) is 23.1 Å². The number of ether oxygens (including phenoxy) is 3. The molecule has 0 radical (unpaired) electrons. The number of likely N-dealkylation sites (tertiary alicyclic amines) is 1. The van der Waals surface area contributed by atoms with Gasteiger partial charge in [0.1, 0.15) is 6.54 Å². The minimum absolute atomic E-state index is 0.0497. The Labute approximate surface area is 144 Å². The molecule has 1 aliphatic heterocycles. The van der Waals surface area contributed by atoms with E-state index in [1.54, 1.807) is 14.2 Å². The molecule has 1 fully saturated rings. The van der Waals surface area contributed by atoms with Gasteiger partial charge in [0.05, 0.1) is 20.3 Å². The van der Waals surface area contributed by atoms with E-state index in [1.165, 1.54) is 6.42 Å². The lowest BCUT2D eigenvalue weighted by atomic mass is 10.1. The first-order chi connectivity index (χ1) is 11.7. The summed E-state index contributed by atoms with van der Waals surface area (Å²) >= 11 is 0. The van der Waals surface area contributed by atoms with Crippen LogP contribution in [-0.4, -0.2) is 57.9 Å². The fraction of sp³-hybridized carbons (Fsp3) is 0.611. The van der Waals surface area contributed by atoms with Gasteiger partial charge in [-0.1, -0.05) is 0 Å². The number of rotatable bonds is 9. The maximum Gasteiger partial charge on any atom is 0.260 e. The number of benzene rings is 1. The van der Waals surface area contributed by atoms with Gasteiger partial charge < -0.3 is 24.4 Å². The summed E-state index contributed by atoms with van der Waals surface area (Å²) in [5, 5.41) is 2.18. The average Bonchev–Trinajstić information content (AvgIpc) is 2.64. The Morgan fingerprint density at radius 1 is 1.17 bits per heavy atom. The van der Waals surface area contributed by atoms with Crippen molar-refractivity contribution in [1.29, 1.82) is 0 Å². The van der Waals surface area contributed by atoms with Gasteiger partial charge in [0.2, 0.25) is 0 Å². The third-order valence-electron chi connectivity index (χ3n) is 4.19. The minimum Gasteiger partial charge on any atom is -0.493 e. The molecule has 1 amide bonds.